The largest absolute Gasteiger partial charge is 0.480 e. The summed E-state index contributed by atoms with van der Waals surface area (Å²) >= 11 is 7.86. The van der Waals surface area contributed by atoms with Crippen molar-refractivity contribution in [1.29, 1.82) is 0 Å². The van der Waals surface area contributed by atoms with E-state index in [9.17, 15) is 9.18 Å². The SMILES string of the molecule is CC[C@@]1(I)C(=S)OCc2c1cc1n(c2=O)Cc2c-1nc1cc(F)c(C)c3c1c2[C@@H](C)CC3. The van der Waals surface area contributed by atoms with Crippen LogP contribution in [0.2, 0.25) is 0 Å². The van der Waals surface area contributed by atoms with Crippen LogP contribution >= 0.6 is 34.8 Å². The van der Waals surface area contributed by atoms with Crippen LogP contribution in [0.4, 0.5) is 4.39 Å². The molecule has 3 aliphatic rings. The van der Waals surface area contributed by atoms with E-state index >= 15 is 0 Å². The van der Waals surface area contributed by atoms with Crippen molar-refractivity contribution in [3.63, 3.8) is 0 Å². The van der Waals surface area contributed by atoms with E-state index in [1.54, 1.807) is 6.07 Å². The second kappa shape index (κ2) is 6.82. The highest BCUT2D eigenvalue weighted by atomic mass is 127. The van der Waals surface area contributed by atoms with Gasteiger partial charge in [0.15, 0.2) is 5.05 Å². The predicted molar refractivity (Wildman–Crippen MR) is 135 cm³/mol. The van der Waals surface area contributed by atoms with E-state index in [1.165, 1.54) is 5.56 Å². The Bertz CT molecular complexity index is 1450. The molecule has 0 bridgehead atoms. The van der Waals surface area contributed by atoms with Gasteiger partial charge in [0.2, 0.25) is 0 Å². The molecule has 32 heavy (non-hydrogen) atoms. The number of ether oxygens (including phenoxy) is 1. The molecular weight excluding hydrogens is 538 g/mol. The molecule has 0 amide bonds. The molecule has 6 rings (SSSR count). The standard InChI is InChI=1S/C25H22FIN2O2S/c1-4-25(27)16-7-19-22-14(9-29(19)23(30)15(16)10-31-24(25)32)20-11(2)5-6-13-12(3)17(26)8-18(28-22)21(13)20/h7-8,11H,4-6,9-10H2,1-3H3/t11-,25-/m0/s1. The number of hydrogen-bond donors (Lipinski definition) is 0. The van der Waals surface area contributed by atoms with Crippen molar-refractivity contribution in [2.24, 2.45) is 0 Å². The molecule has 0 saturated heterocycles. The van der Waals surface area contributed by atoms with E-state index in [1.807, 2.05) is 11.5 Å². The lowest BCUT2D eigenvalue weighted by molar-refractivity contribution is 0.266. The van der Waals surface area contributed by atoms with Gasteiger partial charge in [-0.3, -0.25) is 4.79 Å². The Hall–Kier alpha value is -1.87. The first-order valence-corrected chi connectivity index (χ1v) is 12.5. The minimum absolute atomic E-state index is 0.0326. The van der Waals surface area contributed by atoms with Crippen LogP contribution in [0.3, 0.4) is 0 Å². The van der Waals surface area contributed by atoms with Gasteiger partial charge >= 0.3 is 0 Å². The second-order valence-corrected chi connectivity index (χ2v) is 11.4. The van der Waals surface area contributed by atoms with Gasteiger partial charge in [0.25, 0.3) is 5.56 Å². The normalized spacial score (nSPS) is 23.0. The topological polar surface area (TPSA) is 44.1 Å². The third kappa shape index (κ3) is 2.49. The summed E-state index contributed by atoms with van der Waals surface area (Å²) in [6, 6.07) is 3.64. The maximum atomic E-state index is 14.8. The van der Waals surface area contributed by atoms with E-state index in [0.717, 1.165) is 58.3 Å². The van der Waals surface area contributed by atoms with Gasteiger partial charge in [-0.25, -0.2) is 9.37 Å². The number of alkyl halides is 1. The number of benzene rings is 1. The van der Waals surface area contributed by atoms with Crippen molar-refractivity contribution < 1.29 is 9.13 Å². The summed E-state index contributed by atoms with van der Waals surface area (Å²) in [5, 5.41) is 1.61. The molecule has 2 aliphatic heterocycles. The highest BCUT2D eigenvalue weighted by molar-refractivity contribution is 14.1. The molecule has 1 aliphatic carbocycles. The van der Waals surface area contributed by atoms with Gasteiger partial charge in [-0.2, -0.15) is 0 Å². The Morgan fingerprint density at radius 1 is 1.34 bits per heavy atom. The van der Waals surface area contributed by atoms with Crippen molar-refractivity contribution in [3.8, 4) is 11.4 Å². The molecule has 2 atom stereocenters. The summed E-state index contributed by atoms with van der Waals surface area (Å²) in [6.07, 6.45) is 2.56. The molecule has 2 aromatic heterocycles. The summed E-state index contributed by atoms with van der Waals surface area (Å²) in [4.78, 5) is 18.5. The van der Waals surface area contributed by atoms with Gasteiger partial charge in [-0.05, 0) is 72.6 Å². The van der Waals surface area contributed by atoms with Crippen LogP contribution in [-0.2, 0) is 27.7 Å². The van der Waals surface area contributed by atoms with Crippen LogP contribution in [0, 0.1) is 12.7 Å². The fourth-order valence-corrected chi connectivity index (χ4v) is 6.72. The Morgan fingerprint density at radius 3 is 2.88 bits per heavy atom. The van der Waals surface area contributed by atoms with E-state index in [0.29, 0.717) is 28.6 Å². The van der Waals surface area contributed by atoms with E-state index in [-0.39, 0.29) is 18.0 Å². The fourth-order valence-electron chi connectivity index (χ4n) is 5.77. The quantitative estimate of drug-likeness (QED) is 0.167. The summed E-state index contributed by atoms with van der Waals surface area (Å²) in [7, 11) is 0. The van der Waals surface area contributed by atoms with E-state index < -0.39 is 3.42 Å². The predicted octanol–water partition coefficient (Wildman–Crippen LogP) is 5.82. The van der Waals surface area contributed by atoms with Crippen LogP contribution in [0.15, 0.2) is 16.9 Å². The zero-order valence-corrected chi connectivity index (χ0v) is 21.1. The second-order valence-electron chi connectivity index (χ2n) is 9.19. The molecule has 4 heterocycles. The maximum Gasteiger partial charge on any atom is 0.258 e. The van der Waals surface area contributed by atoms with E-state index in [4.69, 9.17) is 21.9 Å². The van der Waals surface area contributed by atoms with Crippen molar-refractivity contribution in [2.45, 2.75) is 62.5 Å². The monoisotopic (exact) mass is 560 g/mol. The van der Waals surface area contributed by atoms with E-state index in [2.05, 4.69) is 42.5 Å². The number of nitrogens with zero attached hydrogens (tertiary/aromatic N) is 2. The summed E-state index contributed by atoms with van der Waals surface area (Å²) in [6.45, 7) is 6.85. The van der Waals surface area contributed by atoms with Gasteiger partial charge in [0.1, 0.15) is 15.8 Å². The zero-order chi connectivity index (χ0) is 22.5. The smallest absolute Gasteiger partial charge is 0.258 e. The van der Waals surface area contributed by atoms with Crippen LogP contribution in [0.5, 0.6) is 0 Å². The van der Waals surface area contributed by atoms with Gasteiger partial charge in [0.05, 0.1) is 29.0 Å². The first-order chi connectivity index (χ1) is 15.3. The number of thiocarbonyl (C=S) groups is 1. The lowest BCUT2D eigenvalue weighted by Crippen LogP contribution is -2.39. The molecule has 0 spiro atoms. The van der Waals surface area contributed by atoms with Gasteiger partial charge in [-0.15, -0.1) is 0 Å². The highest BCUT2D eigenvalue weighted by Crippen LogP contribution is 2.48. The molecular formula is C25H22FIN2O2S. The Labute approximate surface area is 204 Å². The molecule has 7 heteroatoms. The maximum absolute atomic E-state index is 14.8. The van der Waals surface area contributed by atoms with Crippen molar-refractivity contribution >= 4 is 50.8 Å². The third-order valence-corrected chi connectivity index (χ3v) is 10.3. The summed E-state index contributed by atoms with van der Waals surface area (Å²) in [5.41, 5.74) is 8.02. The molecule has 4 nitrogen and oxygen atoms in total. The minimum Gasteiger partial charge on any atom is -0.480 e. The van der Waals surface area contributed by atoms with Crippen LogP contribution in [0.25, 0.3) is 22.3 Å². The van der Waals surface area contributed by atoms with Gasteiger partial charge < -0.3 is 9.30 Å². The Morgan fingerprint density at radius 2 is 2.12 bits per heavy atom. The molecule has 0 fully saturated rings. The third-order valence-electron chi connectivity index (χ3n) is 7.61. The number of aryl methyl sites for hydroxylation is 1. The lowest BCUT2D eigenvalue weighted by atomic mass is 9.79. The van der Waals surface area contributed by atoms with Crippen molar-refractivity contribution in [1.82, 2.24) is 9.55 Å². The average Bonchev–Trinajstić information content (AvgIpc) is 3.14. The molecule has 0 N–H and O–H groups in total. The first kappa shape index (κ1) is 20.7. The Balaban J connectivity index is 1.70. The fraction of sp³-hybridized carbons (Fsp3) is 0.400. The molecule has 0 saturated carbocycles. The molecule has 3 aromatic rings. The zero-order valence-electron chi connectivity index (χ0n) is 18.1. The number of hydrogen-bond acceptors (Lipinski definition) is 4. The summed E-state index contributed by atoms with van der Waals surface area (Å²) in [5.74, 6) is 0.127. The number of rotatable bonds is 1. The lowest BCUT2D eigenvalue weighted by Gasteiger charge is -2.34. The van der Waals surface area contributed by atoms with Gasteiger partial charge in [0, 0.05) is 17.0 Å². The number of fused-ring (bicyclic) bond motifs is 5. The first-order valence-electron chi connectivity index (χ1n) is 11.0. The molecule has 1 aromatic carbocycles. The minimum atomic E-state index is -0.521. The van der Waals surface area contributed by atoms with Crippen LogP contribution < -0.4 is 5.56 Å². The molecule has 0 unspecified atom stereocenters. The number of aromatic nitrogens is 2. The van der Waals surface area contributed by atoms with Crippen LogP contribution in [0.1, 0.15) is 66.0 Å². The van der Waals surface area contributed by atoms with Crippen LogP contribution in [-0.4, -0.2) is 14.6 Å². The van der Waals surface area contributed by atoms with Crippen molar-refractivity contribution in [2.75, 3.05) is 0 Å². The number of halogens is 2. The summed E-state index contributed by atoms with van der Waals surface area (Å²) < 4.78 is 21.8. The van der Waals surface area contributed by atoms with Gasteiger partial charge in [-0.1, -0.05) is 36.4 Å². The highest BCUT2D eigenvalue weighted by Gasteiger charge is 2.42. The molecule has 164 valence electrons. The Kier molecular flexibility index (Phi) is 4.42. The average molecular weight is 560 g/mol. The number of pyridine rings is 2. The van der Waals surface area contributed by atoms with Crippen molar-refractivity contribution in [3.05, 3.63) is 61.7 Å². The molecule has 0 radical (unpaired) electrons.